The second kappa shape index (κ2) is 7.11. The van der Waals surface area contributed by atoms with Crippen molar-refractivity contribution in [1.29, 1.82) is 0 Å². The molecule has 1 unspecified atom stereocenters. The molecule has 1 aromatic carbocycles. The van der Waals surface area contributed by atoms with E-state index in [1.54, 1.807) is 14.2 Å². The quantitative estimate of drug-likeness (QED) is 0.782. The molecule has 0 aliphatic rings. The van der Waals surface area contributed by atoms with Crippen LogP contribution in [0, 0.1) is 12.8 Å². The van der Waals surface area contributed by atoms with Crippen molar-refractivity contribution < 1.29 is 9.47 Å². The summed E-state index contributed by atoms with van der Waals surface area (Å²) in [4.78, 5) is 0. The van der Waals surface area contributed by atoms with Crippen LogP contribution in [-0.4, -0.2) is 27.3 Å². The zero-order valence-corrected chi connectivity index (χ0v) is 11.7. The normalized spacial score (nSPS) is 12.1. The molecule has 0 aliphatic carbocycles. The van der Waals surface area contributed by atoms with Crippen molar-refractivity contribution >= 4 is 5.69 Å². The third-order valence-electron chi connectivity index (χ3n) is 3.09. The van der Waals surface area contributed by atoms with E-state index in [0.29, 0.717) is 5.92 Å². The van der Waals surface area contributed by atoms with Gasteiger partial charge in [0.25, 0.3) is 0 Å². The van der Waals surface area contributed by atoms with E-state index in [1.165, 1.54) is 0 Å². The zero-order valence-electron chi connectivity index (χ0n) is 11.7. The average Bonchev–Trinajstić information content (AvgIpc) is 2.39. The van der Waals surface area contributed by atoms with Crippen LogP contribution < -0.4 is 20.5 Å². The van der Waals surface area contributed by atoms with Crippen molar-refractivity contribution in [2.45, 2.75) is 20.3 Å². The Morgan fingerprint density at radius 3 is 2.39 bits per heavy atom. The first-order valence-electron chi connectivity index (χ1n) is 6.29. The molecule has 102 valence electrons. The summed E-state index contributed by atoms with van der Waals surface area (Å²) >= 11 is 0. The molecular weight excluding hydrogens is 228 g/mol. The monoisotopic (exact) mass is 252 g/mol. The van der Waals surface area contributed by atoms with Crippen LogP contribution in [0.15, 0.2) is 12.1 Å². The molecule has 0 saturated heterocycles. The minimum absolute atomic E-state index is 0.540. The van der Waals surface area contributed by atoms with Crippen LogP contribution in [0.5, 0.6) is 11.5 Å². The number of benzene rings is 1. The maximum atomic E-state index is 5.60. The Morgan fingerprint density at radius 1 is 1.22 bits per heavy atom. The minimum atomic E-state index is 0.540. The van der Waals surface area contributed by atoms with Gasteiger partial charge in [-0.1, -0.05) is 6.92 Å². The first-order chi connectivity index (χ1) is 8.62. The predicted octanol–water partition coefficient (Wildman–Crippen LogP) is 2.41. The molecule has 0 saturated carbocycles. The van der Waals surface area contributed by atoms with Gasteiger partial charge < -0.3 is 20.5 Å². The van der Waals surface area contributed by atoms with Gasteiger partial charge in [0.15, 0.2) is 11.5 Å². The lowest BCUT2D eigenvalue weighted by Crippen LogP contribution is -2.15. The Kier molecular flexibility index (Phi) is 5.78. The smallest absolute Gasteiger partial charge is 0.162 e. The van der Waals surface area contributed by atoms with Crippen molar-refractivity contribution in [3.05, 3.63) is 17.7 Å². The highest BCUT2D eigenvalue weighted by molar-refractivity contribution is 5.60. The van der Waals surface area contributed by atoms with Gasteiger partial charge in [-0.3, -0.25) is 0 Å². The molecule has 4 nitrogen and oxygen atoms in total. The predicted molar refractivity (Wildman–Crippen MR) is 75.6 cm³/mol. The van der Waals surface area contributed by atoms with Crippen LogP contribution >= 0.6 is 0 Å². The van der Waals surface area contributed by atoms with E-state index in [4.69, 9.17) is 15.2 Å². The lowest BCUT2D eigenvalue weighted by molar-refractivity contribution is 0.355. The summed E-state index contributed by atoms with van der Waals surface area (Å²) in [7, 11) is 3.29. The van der Waals surface area contributed by atoms with Gasteiger partial charge in [-0.05, 0) is 37.4 Å². The van der Waals surface area contributed by atoms with Crippen molar-refractivity contribution in [3.8, 4) is 11.5 Å². The molecule has 4 heteroatoms. The topological polar surface area (TPSA) is 56.5 Å². The van der Waals surface area contributed by atoms with Gasteiger partial charge in [-0.2, -0.15) is 0 Å². The summed E-state index contributed by atoms with van der Waals surface area (Å²) in [5.74, 6) is 2.05. The van der Waals surface area contributed by atoms with Gasteiger partial charge in [-0.15, -0.1) is 0 Å². The van der Waals surface area contributed by atoms with E-state index in [9.17, 15) is 0 Å². The number of rotatable bonds is 7. The van der Waals surface area contributed by atoms with Gasteiger partial charge in [0.1, 0.15) is 0 Å². The molecule has 0 spiro atoms. The number of aryl methyl sites for hydroxylation is 1. The maximum Gasteiger partial charge on any atom is 0.162 e. The van der Waals surface area contributed by atoms with Crippen LogP contribution in [0.4, 0.5) is 5.69 Å². The van der Waals surface area contributed by atoms with Crippen molar-refractivity contribution in [2.75, 3.05) is 32.6 Å². The molecule has 1 atom stereocenters. The number of nitrogens with one attached hydrogen (secondary N) is 1. The molecule has 0 amide bonds. The molecule has 1 rings (SSSR count). The zero-order chi connectivity index (χ0) is 13.5. The third kappa shape index (κ3) is 3.81. The first kappa shape index (κ1) is 14.6. The van der Waals surface area contributed by atoms with Crippen LogP contribution in [0.2, 0.25) is 0 Å². The van der Waals surface area contributed by atoms with E-state index < -0.39 is 0 Å². The largest absolute Gasteiger partial charge is 0.493 e. The fraction of sp³-hybridized carbons (Fsp3) is 0.571. The molecule has 0 radical (unpaired) electrons. The molecule has 18 heavy (non-hydrogen) atoms. The third-order valence-corrected chi connectivity index (χ3v) is 3.09. The van der Waals surface area contributed by atoms with E-state index in [-0.39, 0.29) is 0 Å². The Morgan fingerprint density at radius 2 is 1.83 bits per heavy atom. The number of hydrogen-bond acceptors (Lipinski definition) is 4. The SMILES string of the molecule is COc1cc(C)c(NCCC(C)CN)cc1OC. The van der Waals surface area contributed by atoms with Gasteiger partial charge in [0.05, 0.1) is 14.2 Å². The van der Waals surface area contributed by atoms with E-state index in [0.717, 1.165) is 42.3 Å². The summed E-state index contributed by atoms with van der Waals surface area (Å²) in [6.45, 7) is 5.85. The first-order valence-corrected chi connectivity index (χ1v) is 6.29. The van der Waals surface area contributed by atoms with E-state index in [1.807, 2.05) is 12.1 Å². The summed E-state index contributed by atoms with van der Waals surface area (Å²) in [6, 6.07) is 3.95. The maximum absolute atomic E-state index is 5.60. The van der Waals surface area contributed by atoms with Gasteiger partial charge >= 0.3 is 0 Å². The van der Waals surface area contributed by atoms with Crippen LogP contribution in [0.25, 0.3) is 0 Å². The Bertz CT molecular complexity index is 380. The number of ether oxygens (including phenoxy) is 2. The number of nitrogens with two attached hydrogens (primary N) is 1. The lowest BCUT2D eigenvalue weighted by atomic mass is 10.1. The molecule has 0 aromatic heterocycles. The fourth-order valence-electron chi connectivity index (χ4n) is 1.74. The highest BCUT2D eigenvalue weighted by Crippen LogP contribution is 2.32. The standard InChI is InChI=1S/C14H24N2O2/c1-10(9-15)5-6-16-12-8-14(18-4)13(17-3)7-11(12)2/h7-8,10,16H,5-6,9,15H2,1-4H3. The highest BCUT2D eigenvalue weighted by Gasteiger charge is 2.08. The van der Waals surface area contributed by atoms with Gasteiger partial charge in [0.2, 0.25) is 0 Å². The van der Waals surface area contributed by atoms with Gasteiger partial charge in [-0.25, -0.2) is 0 Å². The fourth-order valence-corrected chi connectivity index (χ4v) is 1.74. The number of anilines is 1. The highest BCUT2D eigenvalue weighted by atomic mass is 16.5. The van der Waals surface area contributed by atoms with Crippen molar-refractivity contribution in [1.82, 2.24) is 0 Å². The Balaban J connectivity index is 2.71. The molecule has 3 N–H and O–H groups in total. The average molecular weight is 252 g/mol. The molecule has 0 bridgehead atoms. The Hall–Kier alpha value is -1.42. The molecular formula is C14H24N2O2. The summed E-state index contributed by atoms with van der Waals surface area (Å²) in [6.07, 6.45) is 1.06. The minimum Gasteiger partial charge on any atom is -0.493 e. The van der Waals surface area contributed by atoms with Crippen LogP contribution in [0.1, 0.15) is 18.9 Å². The second-order valence-corrected chi connectivity index (χ2v) is 4.58. The Labute approximate surface area is 109 Å². The van der Waals surface area contributed by atoms with Crippen LogP contribution in [-0.2, 0) is 0 Å². The lowest BCUT2D eigenvalue weighted by Gasteiger charge is -2.15. The van der Waals surface area contributed by atoms with Crippen molar-refractivity contribution in [3.63, 3.8) is 0 Å². The number of methoxy groups -OCH3 is 2. The molecule has 0 fully saturated rings. The molecule has 0 heterocycles. The summed E-state index contributed by atoms with van der Waals surface area (Å²) in [5.41, 5.74) is 7.83. The number of hydrogen-bond donors (Lipinski definition) is 2. The van der Waals surface area contributed by atoms with Crippen LogP contribution in [0.3, 0.4) is 0 Å². The van der Waals surface area contributed by atoms with Gasteiger partial charge in [0, 0.05) is 18.3 Å². The second-order valence-electron chi connectivity index (χ2n) is 4.58. The molecule has 0 aliphatic heterocycles. The van der Waals surface area contributed by atoms with Crippen molar-refractivity contribution in [2.24, 2.45) is 11.7 Å². The van der Waals surface area contributed by atoms with E-state index in [2.05, 4.69) is 19.2 Å². The summed E-state index contributed by atoms with van der Waals surface area (Å²) < 4.78 is 10.6. The summed E-state index contributed by atoms with van der Waals surface area (Å²) in [5, 5.41) is 3.41. The molecule has 1 aromatic rings. The van der Waals surface area contributed by atoms with E-state index >= 15 is 0 Å².